The molecule has 0 radical (unpaired) electrons. The number of aromatic nitrogens is 3. The van der Waals surface area contributed by atoms with Crippen LogP contribution in [0.2, 0.25) is 5.02 Å². The maximum Gasteiger partial charge on any atom is 0.170 e. The van der Waals surface area contributed by atoms with Gasteiger partial charge in [0.15, 0.2) is 5.82 Å². The van der Waals surface area contributed by atoms with Gasteiger partial charge in [0.2, 0.25) is 0 Å². The van der Waals surface area contributed by atoms with Gasteiger partial charge in [0, 0.05) is 30.2 Å². The second kappa shape index (κ2) is 6.91. The van der Waals surface area contributed by atoms with E-state index in [0.717, 1.165) is 23.0 Å². The molecular weight excluding hydrogens is 288 g/mol. The van der Waals surface area contributed by atoms with Crippen molar-refractivity contribution in [2.45, 2.75) is 40.0 Å². The molecule has 114 valence electrons. The molecule has 1 heterocycles. The van der Waals surface area contributed by atoms with Crippen molar-refractivity contribution in [3.05, 3.63) is 40.4 Å². The monoisotopic (exact) mass is 308 g/mol. The van der Waals surface area contributed by atoms with Crippen molar-refractivity contribution in [1.82, 2.24) is 20.1 Å². The summed E-state index contributed by atoms with van der Waals surface area (Å²) in [6.07, 6.45) is 0. The summed E-state index contributed by atoms with van der Waals surface area (Å²) in [7, 11) is 1.92. The van der Waals surface area contributed by atoms with Crippen LogP contribution in [-0.2, 0) is 20.2 Å². The summed E-state index contributed by atoms with van der Waals surface area (Å²) in [6.45, 7) is 7.14. The number of halogens is 1. The van der Waals surface area contributed by atoms with Crippen molar-refractivity contribution in [2.24, 2.45) is 7.05 Å². The Balaban J connectivity index is 2.12. The number of benzene rings is 1. The lowest BCUT2D eigenvalue weighted by atomic mass is 10.2. The molecule has 0 aliphatic rings. The second-order valence-electron chi connectivity index (χ2n) is 5.26. The molecule has 1 N–H and O–H groups in total. The molecule has 2 rings (SSSR count). The van der Waals surface area contributed by atoms with E-state index in [0.29, 0.717) is 24.2 Å². The standard InChI is InChI=1S/C15H21ClN4O/c1-10(2)17-8-12-13(16)6-5-7-14(12)21-9-15-19-18-11(3)20(15)4/h5-7,10,17H,8-9H2,1-4H3. The first-order valence-corrected chi connectivity index (χ1v) is 7.35. The Morgan fingerprint density at radius 1 is 1.33 bits per heavy atom. The maximum atomic E-state index is 6.28. The smallest absolute Gasteiger partial charge is 0.170 e. The third-order valence-corrected chi connectivity index (χ3v) is 3.66. The Labute approximate surface area is 130 Å². The van der Waals surface area contributed by atoms with Gasteiger partial charge < -0.3 is 14.6 Å². The Morgan fingerprint density at radius 3 is 2.71 bits per heavy atom. The minimum atomic E-state index is 0.367. The van der Waals surface area contributed by atoms with Crippen molar-refractivity contribution < 1.29 is 4.74 Å². The highest BCUT2D eigenvalue weighted by atomic mass is 35.5. The molecule has 5 nitrogen and oxygen atoms in total. The van der Waals surface area contributed by atoms with Gasteiger partial charge in [0.05, 0.1) is 0 Å². The number of ether oxygens (including phenoxy) is 1. The molecule has 0 bridgehead atoms. The van der Waals surface area contributed by atoms with Crippen LogP contribution in [-0.4, -0.2) is 20.8 Å². The van der Waals surface area contributed by atoms with E-state index in [1.165, 1.54) is 0 Å². The molecule has 0 atom stereocenters. The van der Waals surface area contributed by atoms with E-state index in [1.807, 2.05) is 36.7 Å². The number of hydrogen-bond donors (Lipinski definition) is 1. The van der Waals surface area contributed by atoms with Crippen molar-refractivity contribution >= 4 is 11.6 Å². The average molecular weight is 309 g/mol. The summed E-state index contributed by atoms with van der Waals surface area (Å²) in [6, 6.07) is 6.07. The largest absolute Gasteiger partial charge is 0.485 e. The Bertz CT molecular complexity index is 610. The highest BCUT2D eigenvalue weighted by Crippen LogP contribution is 2.27. The Morgan fingerprint density at radius 2 is 2.10 bits per heavy atom. The quantitative estimate of drug-likeness (QED) is 0.891. The maximum absolute atomic E-state index is 6.28. The molecule has 0 spiro atoms. The van der Waals surface area contributed by atoms with Gasteiger partial charge in [0.1, 0.15) is 18.2 Å². The third-order valence-electron chi connectivity index (χ3n) is 3.30. The van der Waals surface area contributed by atoms with Crippen molar-refractivity contribution in [3.63, 3.8) is 0 Å². The molecule has 0 aliphatic carbocycles. The zero-order chi connectivity index (χ0) is 15.4. The number of hydrogen-bond acceptors (Lipinski definition) is 4. The fourth-order valence-corrected chi connectivity index (χ4v) is 2.10. The first-order chi connectivity index (χ1) is 9.99. The van der Waals surface area contributed by atoms with Crippen LogP contribution in [0.3, 0.4) is 0 Å². The van der Waals surface area contributed by atoms with E-state index in [2.05, 4.69) is 29.4 Å². The predicted molar refractivity (Wildman–Crippen MR) is 83.5 cm³/mol. The first kappa shape index (κ1) is 15.8. The molecule has 0 unspecified atom stereocenters. The first-order valence-electron chi connectivity index (χ1n) is 6.97. The van der Waals surface area contributed by atoms with E-state index in [9.17, 15) is 0 Å². The molecule has 2 aromatic rings. The fourth-order valence-electron chi connectivity index (χ4n) is 1.87. The molecule has 0 aliphatic heterocycles. The van der Waals surface area contributed by atoms with Crippen LogP contribution >= 0.6 is 11.6 Å². The summed E-state index contributed by atoms with van der Waals surface area (Å²) >= 11 is 6.28. The van der Waals surface area contributed by atoms with Gasteiger partial charge in [0.25, 0.3) is 0 Å². The third kappa shape index (κ3) is 3.95. The zero-order valence-electron chi connectivity index (χ0n) is 12.9. The van der Waals surface area contributed by atoms with Gasteiger partial charge in [-0.15, -0.1) is 10.2 Å². The van der Waals surface area contributed by atoms with E-state index < -0.39 is 0 Å². The van der Waals surface area contributed by atoms with E-state index in [4.69, 9.17) is 16.3 Å². The molecule has 6 heteroatoms. The van der Waals surface area contributed by atoms with Crippen LogP contribution in [0.4, 0.5) is 0 Å². The van der Waals surface area contributed by atoms with Crippen LogP contribution in [0, 0.1) is 6.92 Å². The highest BCUT2D eigenvalue weighted by Gasteiger charge is 2.11. The number of nitrogens with one attached hydrogen (secondary N) is 1. The van der Waals surface area contributed by atoms with Gasteiger partial charge >= 0.3 is 0 Å². The van der Waals surface area contributed by atoms with Gasteiger partial charge in [-0.2, -0.15) is 0 Å². The normalized spacial score (nSPS) is 11.1. The number of rotatable bonds is 6. The van der Waals surface area contributed by atoms with Crippen LogP contribution < -0.4 is 10.1 Å². The topological polar surface area (TPSA) is 52.0 Å². The van der Waals surface area contributed by atoms with Gasteiger partial charge in [-0.05, 0) is 19.1 Å². The van der Waals surface area contributed by atoms with Crippen molar-refractivity contribution in [2.75, 3.05) is 0 Å². The summed E-state index contributed by atoms with van der Waals surface area (Å²) in [5, 5.41) is 12.2. The minimum absolute atomic E-state index is 0.367. The summed E-state index contributed by atoms with van der Waals surface area (Å²) < 4.78 is 7.80. The zero-order valence-corrected chi connectivity index (χ0v) is 13.6. The van der Waals surface area contributed by atoms with Crippen LogP contribution in [0.5, 0.6) is 5.75 Å². The molecule has 0 saturated heterocycles. The van der Waals surface area contributed by atoms with Crippen molar-refractivity contribution in [1.29, 1.82) is 0 Å². The average Bonchev–Trinajstić information content (AvgIpc) is 2.75. The molecule has 21 heavy (non-hydrogen) atoms. The molecule has 0 saturated carbocycles. The Hall–Kier alpha value is -1.59. The number of nitrogens with zero attached hydrogens (tertiary/aromatic N) is 3. The Kier molecular flexibility index (Phi) is 5.20. The SMILES string of the molecule is Cc1nnc(COc2cccc(Cl)c2CNC(C)C)n1C. The van der Waals surface area contributed by atoms with Crippen LogP contribution in [0.1, 0.15) is 31.1 Å². The van der Waals surface area contributed by atoms with Crippen molar-refractivity contribution in [3.8, 4) is 5.75 Å². The van der Waals surface area contributed by atoms with Gasteiger partial charge in [-0.25, -0.2) is 0 Å². The molecule has 0 fully saturated rings. The molecule has 1 aromatic heterocycles. The molecule has 0 amide bonds. The highest BCUT2D eigenvalue weighted by molar-refractivity contribution is 6.31. The molecule has 1 aromatic carbocycles. The second-order valence-corrected chi connectivity index (χ2v) is 5.67. The van der Waals surface area contributed by atoms with E-state index >= 15 is 0 Å². The summed E-state index contributed by atoms with van der Waals surface area (Å²) in [5.41, 5.74) is 0.965. The van der Waals surface area contributed by atoms with Gasteiger partial charge in [-0.1, -0.05) is 31.5 Å². The van der Waals surface area contributed by atoms with Crippen LogP contribution in [0.25, 0.3) is 0 Å². The van der Waals surface area contributed by atoms with E-state index in [1.54, 1.807) is 0 Å². The molecular formula is C15H21ClN4O. The lowest BCUT2D eigenvalue weighted by Gasteiger charge is -2.15. The number of aryl methyl sites for hydroxylation is 1. The van der Waals surface area contributed by atoms with Crippen LogP contribution in [0.15, 0.2) is 18.2 Å². The predicted octanol–water partition coefficient (Wildman–Crippen LogP) is 2.85. The summed E-state index contributed by atoms with van der Waals surface area (Å²) in [4.78, 5) is 0. The lowest BCUT2D eigenvalue weighted by Crippen LogP contribution is -2.22. The van der Waals surface area contributed by atoms with Gasteiger partial charge in [-0.3, -0.25) is 0 Å². The lowest BCUT2D eigenvalue weighted by molar-refractivity contribution is 0.287. The minimum Gasteiger partial charge on any atom is -0.485 e. The van der Waals surface area contributed by atoms with E-state index in [-0.39, 0.29) is 0 Å². The summed E-state index contributed by atoms with van der Waals surface area (Å²) in [5.74, 6) is 2.42. The fraction of sp³-hybridized carbons (Fsp3) is 0.467.